The van der Waals surface area contributed by atoms with Gasteiger partial charge < -0.3 is 64.9 Å². The molecule has 1 aliphatic carbocycles. The van der Waals surface area contributed by atoms with Crippen molar-refractivity contribution in [3.63, 3.8) is 0 Å². The van der Waals surface area contributed by atoms with E-state index < -0.39 is 106 Å². The second-order valence-corrected chi connectivity index (χ2v) is 23.8. The molecule has 0 radical (unpaired) electrons. The molecule has 3 fully saturated rings. The number of likely N-dealkylation sites (tertiary alicyclic amines) is 2. The van der Waals surface area contributed by atoms with Crippen LogP contribution in [-0.4, -0.2) is 154 Å². The van der Waals surface area contributed by atoms with Crippen LogP contribution in [0, 0.1) is 42.4 Å². The molecule has 1 unspecified atom stereocenters. The number of methoxy groups -OCH3 is 1. The number of carbonyl (C=O) groups is 6. The molecule has 0 saturated carbocycles. The van der Waals surface area contributed by atoms with Gasteiger partial charge in [-0.3, -0.25) is 33.8 Å². The van der Waals surface area contributed by atoms with Crippen LogP contribution in [0.1, 0.15) is 119 Å². The largest absolute Gasteiger partial charge is 0.507 e. The maximum Gasteiger partial charge on any atom is 0.315 e. The van der Waals surface area contributed by atoms with Gasteiger partial charge in [-0.05, 0) is 50.8 Å². The van der Waals surface area contributed by atoms with Gasteiger partial charge in [0.25, 0.3) is 11.7 Å². The number of carbonyl (C=O) groups excluding carboxylic acids is 6. The number of rotatable bonds is 8. The Morgan fingerprint density at radius 3 is 2.23 bits per heavy atom. The number of fused-ring (bicyclic) bond motifs is 13. The summed E-state index contributed by atoms with van der Waals surface area (Å²) in [5.74, 6) is -9.04. The number of nitrogens with one attached hydrogen (secondary N) is 3. The predicted molar refractivity (Wildman–Crippen MR) is 301 cm³/mol. The third-order valence-electron chi connectivity index (χ3n) is 17.9. The van der Waals surface area contributed by atoms with Crippen LogP contribution in [0.15, 0.2) is 82.9 Å². The molecule has 7 aliphatic heterocycles. The molecule has 0 aromatic heterocycles. The molecule has 2 aromatic rings. The molecule has 8 aliphatic rings. The number of anilines is 1. The summed E-state index contributed by atoms with van der Waals surface area (Å²) in [7, 11) is 1.49. The fourth-order valence-electron chi connectivity index (χ4n) is 12.9. The first kappa shape index (κ1) is 58.8. The summed E-state index contributed by atoms with van der Waals surface area (Å²) in [6, 6.07) is 9.60. The SMILES string of the molecule is COCC1/C=C/O[C@@]2(C)Oc3c(C)c(O)c4c(c3C2=O)C2=NC3(CCN(CC(C)C)CC3)NC2=C(NC(=O)/C(C)=C\C=C\[C@H](C)[C@H](O)[C@@H](C)[C@@H](O)[C@@H](C)[C@H](OC(=O)CC(=O)N2CCC3(CC2)C(=O)NCN3c2ccccc2)[C@@H]1C)C4=O. The van der Waals surface area contributed by atoms with Crippen LogP contribution in [0.2, 0.25) is 0 Å². The number of piperidine rings is 2. The molecule has 436 valence electrons. The van der Waals surface area contributed by atoms with Crippen molar-refractivity contribution in [3.05, 3.63) is 100 Å². The summed E-state index contributed by atoms with van der Waals surface area (Å²) >= 11 is 0. The van der Waals surface area contributed by atoms with Crippen LogP contribution < -0.4 is 25.6 Å². The number of phenolic OH excluding ortho intramolecular Hbond substituents is 1. The lowest BCUT2D eigenvalue weighted by atomic mass is 9.76. The molecular weight excluding hydrogens is 1040 g/mol. The molecule has 9 atom stereocenters. The van der Waals surface area contributed by atoms with E-state index in [9.17, 15) is 39.3 Å². The average Bonchev–Trinajstić information content (AvgIpc) is 3.50. The highest BCUT2D eigenvalue weighted by molar-refractivity contribution is 6.34. The van der Waals surface area contributed by atoms with Crippen molar-refractivity contribution in [3.8, 4) is 11.5 Å². The van der Waals surface area contributed by atoms with Gasteiger partial charge in [0, 0.05) is 112 Å². The number of ether oxygens (including phenoxy) is 4. The Morgan fingerprint density at radius 2 is 1.57 bits per heavy atom. The smallest absolute Gasteiger partial charge is 0.315 e. The van der Waals surface area contributed by atoms with E-state index in [2.05, 4.69) is 34.7 Å². The number of nitrogens with zero attached hydrogens (tertiary/aromatic N) is 4. The number of benzene rings is 2. The maximum atomic E-state index is 15.1. The molecule has 2 aromatic carbocycles. The topological polar surface area (TPSA) is 258 Å². The fraction of sp³-hybridized carbons (Fsp3) is 0.557. The number of aliphatic hydroxyl groups is 2. The minimum Gasteiger partial charge on any atom is -0.507 e. The van der Waals surface area contributed by atoms with Gasteiger partial charge >= 0.3 is 11.8 Å². The van der Waals surface area contributed by atoms with Gasteiger partial charge in [-0.15, -0.1) is 0 Å². The van der Waals surface area contributed by atoms with Crippen LogP contribution in [0.5, 0.6) is 11.5 Å². The standard InChI is InChI=1S/C61H79N7O13/c1-33(2)30-66-24-22-61(23-25-66)64-47-44-45-52(73)39(8)55-46(44)56(75)59(9,81-55)79-28-19-40(31-78-10)36(5)54(38(7)51(72)37(6)50(71)34(3)15-14-16-35(4)57(76)63-49(53(45)74)48(47)65-61)80-43(70)29-42(69)67-26-20-60(21-27-67)58(77)62-32-68(60)41-17-12-11-13-18-41/h11-19,28,33-34,36-38,40,50-51,54,65,71-73H,20-27,29-32H2,1-10H3,(H,62,77)(H,63,76)/b15-14+,28-19+,35-16-/t34-,36+,37+,38+,40?,50-,51+,54+,59-/m0/s1. The average molecular weight is 1120 g/mol. The number of Topliss-reactive ketones (excluding diaryl/α,β-unsaturated/α-hetero) is 2. The lowest BCUT2D eigenvalue weighted by Crippen LogP contribution is -2.57. The number of allylic oxidation sites excluding steroid dienone is 4. The van der Waals surface area contributed by atoms with E-state index in [4.69, 9.17) is 23.9 Å². The number of hydrogen-bond donors (Lipinski definition) is 6. The van der Waals surface area contributed by atoms with E-state index in [1.165, 1.54) is 33.3 Å². The van der Waals surface area contributed by atoms with Crippen LogP contribution in [0.25, 0.3) is 0 Å². The lowest BCUT2D eigenvalue weighted by molar-refractivity contribution is -0.164. The molecule has 7 heterocycles. The zero-order valence-electron chi connectivity index (χ0n) is 48.2. The Morgan fingerprint density at radius 1 is 0.877 bits per heavy atom. The van der Waals surface area contributed by atoms with E-state index in [1.54, 1.807) is 57.7 Å². The Balaban J connectivity index is 1.03. The summed E-state index contributed by atoms with van der Waals surface area (Å²) in [6.45, 7) is 18.9. The van der Waals surface area contributed by atoms with Crippen LogP contribution >= 0.6 is 0 Å². The Labute approximate surface area is 473 Å². The van der Waals surface area contributed by atoms with Gasteiger partial charge in [0.05, 0.1) is 54.3 Å². The molecule has 10 rings (SSSR count). The number of aromatic hydroxyl groups is 1. The molecule has 20 nitrogen and oxygen atoms in total. The number of aliphatic imine (C=N–C) groups is 1. The highest BCUT2D eigenvalue weighted by Gasteiger charge is 2.55. The highest BCUT2D eigenvalue weighted by atomic mass is 16.7. The number of phenols is 1. The van der Waals surface area contributed by atoms with Gasteiger partial charge in [-0.2, -0.15) is 0 Å². The van der Waals surface area contributed by atoms with E-state index >= 15 is 4.79 Å². The normalized spacial score (nSPS) is 30.9. The third-order valence-corrected chi connectivity index (χ3v) is 17.9. The molecule has 81 heavy (non-hydrogen) atoms. The Bertz CT molecular complexity index is 2990. The fourth-order valence-corrected chi connectivity index (χ4v) is 12.9. The van der Waals surface area contributed by atoms with E-state index in [-0.39, 0.29) is 76.3 Å². The first-order valence-corrected chi connectivity index (χ1v) is 28.4. The van der Waals surface area contributed by atoms with Crippen molar-refractivity contribution in [2.24, 2.45) is 40.5 Å². The van der Waals surface area contributed by atoms with Crippen molar-refractivity contribution in [1.82, 2.24) is 25.8 Å². The molecule has 6 N–H and O–H groups in total. The lowest BCUT2D eigenvalue weighted by Gasteiger charge is -2.43. The highest BCUT2D eigenvalue weighted by Crippen LogP contribution is 2.50. The predicted octanol–water partition coefficient (Wildman–Crippen LogP) is 5.19. The monoisotopic (exact) mass is 1120 g/mol. The molecule has 2 spiro atoms. The maximum absolute atomic E-state index is 15.1. The minimum atomic E-state index is -2.05. The molecule has 3 saturated heterocycles. The van der Waals surface area contributed by atoms with Crippen molar-refractivity contribution < 1.29 is 63.0 Å². The van der Waals surface area contributed by atoms with Gasteiger partial charge in [0.2, 0.25) is 17.6 Å². The second-order valence-electron chi connectivity index (χ2n) is 23.8. The molecule has 3 amide bonds. The number of esters is 1. The first-order valence-electron chi connectivity index (χ1n) is 28.4. The van der Waals surface area contributed by atoms with Crippen molar-refractivity contribution in [2.45, 2.75) is 130 Å². The Hall–Kier alpha value is -6.87. The van der Waals surface area contributed by atoms with Gasteiger partial charge in [0.15, 0.2) is 0 Å². The van der Waals surface area contributed by atoms with Crippen LogP contribution in [0.4, 0.5) is 5.69 Å². The summed E-state index contributed by atoms with van der Waals surface area (Å²) in [6.07, 6.45) is 5.42. The summed E-state index contributed by atoms with van der Waals surface area (Å²) in [5.41, 5.74) is -0.440. The van der Waals surface area contributed by atoms with Crippen LogP contribution in [0.3, 0.4) is 0 Å². The summed E-state index contributed by atoms with van der Waals surface area (Å²) < 4.78 is 24.7. The van der Waals surface area contributed by atoms with E-state index in [1.807, 2.05) is 35.2 Å². The van der Waals surface area contributed by atoms with E-state index in [0.29, 0.717) is 51.4 Å². The van der Waals surface area contributed by atoms with Gasteiger partial charge in [0.1, 0.15) is 40.9 Å². The zero-order chi connectivity index (χ0) is 58.5. The first-order chi connectivity index (χ1) is 38.4. The number of para-hydroxylation sites is 1. The van der Waals surface area contributed by atoms with Crippen LogP contribution in [-0.2, 0) is 33.4 Å². The third kappa shape index (κ3) is 11.0. The Kier molecular flexibility index (Phi) is 16.8. The zero-order valence-corrected chi connectivity index (χ0v) is 48.2. The van der Waals surface area contributed by atoms with Gasteiger partial charge in [-0.25, -0.2) is 0 Å². The molecular formula is C61H79N7O13. The van der Waals surface area contributed by atoms with Gasteiger partial charge in [-0.1, -0.05) is 78.0 Å². The number of aliphatic hydroxyl groups excluding tert-OH is 2. The van der Waals surface area contributed by atoms with Crippen molar-refractivity contribution in [2.75, 3.05) is 58.0 Å². The number of hydrogen-bond acceptors (Lipinski definition) is 17. The van der Waals surface area contributed by atoms with Crippen molar-refractivity contribution in [1.29, 1.82) is 0 Å². The number of ketones is 2. The molecule has 20 heteroatoms. The number of amides is 3. The van der Waals surface area contributed by atoms with E-state index in [0.717, 1.165) is 12.2 Å². The summed E-state index contributed by atoms with van der Waals surface area (Å²) in [4.78, 5) is 96.8. The second kappa shape index (κ2) is 23.2. The molecule has 5 bridgehead atoms. The quantitative estimate of drug-likeness (QED) is 0.147. The summed E-state index contributed by atoms with van der Waals surface area (Å²) in [5, 5.41) is 45.2. The minimum absolute atomic E-state index is 0.00259. The van der Waals surface area contributed by atoms with Crippen molar-refractivity contribution >= 4 is 46.7 Å².